The Morgan fingerprint density at radius 1 is 1.47 bits per heavy atom. The van der Waals surface area contributed by atoms with Gasteiger partial charge < -0.3 is 15.4 Å². The van der Waals surface area contributed by atoms with Crippen LogP contribution in [-0.4, -0.2) is 36.8 Å². The minimum atomic E-state index is -1.39. The van der Waals surface area contributed by atoms with Gasteiger partial charge in [-0.3, -0.25) is 4.21 Å². The van der Waals surface area contributed by atoms with E-state index in [9.17, 15) is 13.4 Å². The van der Waals surface area contributed by atoms with Crippen molar-refractivity contribution in [2.75, 3.05) is 31.8 Å². The molecule has 0 aliphatic heterocycles. The molecule has 0 aliphatic rings. The lowest BCUT2D eigenvalue weighted by atomic mass is 10.3. The smallest absolute Gasteiger partial charge is 0.319 e. The number of anilines is 1. The number of nitrogens with one attached hydrogen (secondary N) is 2. The van der Waals surface area contributed by atoms with Gasteiger partial charge >= 0.3 is 6.03 Å². The van der Waals surface area contributed by atoms with Gasteiger partial charge in [-0.1, -0.05) is 0 Å². The van der Waals surface area contributed by atoms with Crippen LogP contribution < -0.4 is 10.6 Å². The van der Waals surface area contributed by atoms with Crippen LogP contribution >= 0.6 is 0 Å². The molecule has 1 aromatic rings. The molecule has 2 N–H and O–H groups in total. The summed E-state index contributed by atoms with van der Waals surface area (Å²) < 4.78 is 29.5. The van der Waals surface area contributed by atoms with Crippen molar-refractivity contribution in [1.82, 2.24) is 5.32 Å². The van der Waals surface area contributed by atoms with Gasteiger partial charge in [-0.2, -0.15) is 0 Å². The lowest BCUT2D eigenvalue weighted by molar-refractivity contribution is 0.194. The Hall–Kier alpha value is -1.47. The van der Waals surface area contributed by atoms with Crippen molar-refractivity contribution in [3.05, 3.63) is 24.0 Å². The van der Waals surface area contributed by atoms with Crippen molar-refractivity contribution in [2.24, 2.45) is 0 Å². The minimum Gasteiger partial charge on any atom is -0.385 e. The monoisotopic (exact) mass is 288 g/mol. The van der Waals surface area contributed by atoms with Crippen molar-refractivity contribution in [3.8, 4) is 0 Å². The average molecular weight is 288 g/mol. The molecule has 106 valence electrons. The Morgan fingerprint density at radius 3 is 2.79 bits per heavy atom. The Balaban J connectivity index is 2.51. The first-order chi connectivity index (χ1) is 9.04. The summed E-state index contributed by atoms with van der Waals surface area (Å²) in [5, 5.41) is 5.11. The zero-order valence-electron chi connectivity index (χ0n) is 10.9. The summed E-state index contributed by atoms with van der Waals surface area (Å²) >= 11 is 0. The number of rotatable bonds is 6. The fraction of sp³-hybridized carbons (Fsp3) is 0.417. The van der Waals surface area contributed by atoms with Gasteiger partial charge in [0.05, 0.1) is 15.7 Å². The molecule has 5 nitrogen and oxygen atoms in total. The normalized spacial score (nSPS) is 11.9. The first-order valence-electron chi connectivity index (χ1n) is 5.71. The lowest BCUT2D eigenvalue weighted by Crippen LogP contribution is -2.30. The van der Waals surface area contributed by atoms with Crippen LogP contribution in [-0.2, 0) is 15.5 Å². The van der Waals surface area contributed by atoms with E-state index in [0.29, 0.717) is 25.3 Å². The summed E-state index contributed by atoms with van der Waals surface area (Å²) in [6, 6.07) is 3.63. The van der Waals surface area contributed by atoms with Gasteiger partial charge in [-0.05, 0) is 24.6 Å². The number of hydrogen-bond acceptors (Lipinski definition) is 3. The van der Waals surface area contributed by atoms with Crippen LogP contribution in [0.25, 0.3) is 0 Å². The Bertz CT molecular complexity index is 468. The molecule has 0 bridgehead atoms. The molecule has 0 spiro atoms. The molecule has 1 atom stereocenters. The summed E-state index contributed by atoms with van der Waals surface area (Å²) in [6.45, 7) is 1.03. The van der Waals surface area contributed by atoms with Crippen LogP contribution in [0.4, 0.5) is 14.9 Å². The molecule has 0 aliphatic carbocycles. The summed E-state index contributed by atoms with van der Waals surface area (Å²) in [6.07, 6.45) is 2.10. The second-order valence-electron chi connectivity index (χ2n) is 3.83. The maximum absolute atomic E-state index is 13.5. The highest BCUT2D eigenvalue weighted by molar-refractivity contribution is 7.84. The molecule has 1 rings (SSSR count). The second kappa shape index (κ2) is 7.85. The second-order valence-corrected chi connectivity index (χ2v) is 5.17. The maximum Gasteiger partial charge on any atom is 0.319 e. The topological polar surface area (TPSA) is 67.4 Å². The van der Waals surface area contributed by atoms with Crippen LogP contribution in [0.3, 0.4) is 0 Å². The number of amides is 2. The lowest BCUT2D eigenvalue weighted by Gasteiger charge is -2.08. The van der Waals surface area contributed by atoms with Crippen LogP contribution in [0, 0.1) is 5.82 Å². The van der Waals surface area contributed by atoms with Crippen molar-refractivity contribution in [3.63, 3.8) is 0 Å². The molecule has 7 heteroatoms. The van der Waals surface area contributed by atoms with E-state index in [4.69, 9.17) is 4.74 Å². The van der Waals surface area contributed by atoms with Crippen molar-refractivity contribution in [2.45, 2.75) is 11.3 Å². The van der Waals surface area contributed by atoms with E-state index in [1.54, 1.807) is 7.11 Å². The predicted molar refractivity (Wildman–Crippen MR) is 72.2 cm³/mol. The van der Waals surface area contributed by atoms with Crippen molar-refractivity contribution >= 4 is 22.5 Å². The third-order valence-electron chi connectivity index (χ3n) is 2.31. The van der Waals surface area contributed by atoms with Gasteiger partial charge in [-0.15, -0.1) is 0 Å². The molecular weight excluding hydrogens is 271 g/mol. The van der Waals surface area contributed by atoms with Gasteiger partial charge in [0.15, 0.2) is 0 Å². The highest BCUT2D eigenvalue weighted by Crippen LogP contribution is 2.16. The number of hydrogen-bond donors (Lipinski definition) is 2. The third kappa shape index (κ3) is 5.35. The van der Waals surface area contributed by atoms with Gasteiger partial charge in [0, 0.05) is 32.2 Å². The van der Waals surface area contributed by atoms with E-state index < -0.39 is 22.6 Å². The van der Waals surface area contributed by atoms with E-state index in [1.165, 1.54) is 18.4 Å². The number of ether oxygens (including phenoxy) is 1. The van der Waals surface area contributed by atoms with E-state index in [1.807, 2.05) is 0 Å². The standard InChI is InChI=1S/C12H17FN2O3S/c1-18-7-3-6-14-12(16)15-9-4-5-11(19(2)17)10(13)8-9/h4-5,8H,3,6-7H2,1-2H3,(H2,14,15,16). The number of carbonyl (C=O) groups excluding carboxylic acids is 1. The number of halogens is 1. The zero-order valence-corrected chi connectivity index (χ0v) is 11.7. The van der Waals surface area contributed by atoms with E-state index in [2.05, 4.69) is 10.6 Å². The molecule has 0 radical (unpaired) electrons. The fourth-order valence-electron chi connectivity index (χ4n) is 1.41. The number of carbonyl (C=O) groups is 1. The van der Waals surface area contributed by atoms with E-state index in [-0.39, 0.29) is 4.90 Å². The number of methoxy groups -OCH3 is 1. The number of urea groups is 1. The molecule has 2 amide bonds. The zero-order chi connectivity index (χ0) is 14.3. The summed E-state index contributed by atoms with van der Waals surface area (Å²) in [4.78, 5) is 11.6. The first-order valence-corrected chi connectivity index (χ1v) is 7.27. The average Bonchev–Trinajstić information content (AvgIpc) is 2.34. The molecule has 0 saturated carbocycles. The van der Waals surface area contributed by atoms with Crippen molar-refractivity contribution in [1.29, 1.82) is 0 Å². The van der Waals surface area contributed by atoms with Gasteiger partial charge in [0.2, 0.25) is 0 Å². The minimum absolute atomic E-state index is 0.117. The van der Waals surface area contributed by atoms with E-state index >= 15 is 0 Å². The Kier molecular flexibility index (Phi) is 6.44. The SMILES string of the molecule is COCCCNC(=O)Nc1ccc(S(C)=O)c(F)c1. The molecule has 0 fully saturated rings. The molecule has 0 saturated heterocycles. The molecule has 19 heavy (non-hydrogen) atoms. The summed E-state index contributed by atoms with van der Waals surface area (Å²) in [5.74, 6) is -0.599. The third-order valence-corrected chi connectivity index (χ3v) is 3.26. The highest BCUT2D eigenvalue weighted by atomic mass is 32.2. The molecule has 0 aromatic heterocycles. The summed E-state index contributed by atoms with van der Waals surface area (Å²) in [7, 11) is 0.199. The van der Waals surface area contributed by atoms with Gasteiger partial charge in [-0.25, -0.2) is 9.18 Å². The quantitative estimate of drug-likeness (QED) is 0.783. The highest BCUT2D eigenvalue weighted by Gasteiger charge is 2.08. The maximum atomic E-state index is 13.5. The largest absolute Gasteiger partial charge is 0.385 e. The van der Waals surface area contributed by atoms with Crippen LogP contribution in [0.2, 0.25) is 0 Å². The van der Waals surface area contributed by atoms with E-state index in [0.717, 1.165) is 6.07 Å². The number of benzene rings is 1. The predicted octanol–water partition coefficient (Wildman–Crippen LogP) is 1.72. The summed E-state index contributed by atoms with van der Waals surface area (Å²) in [5.41, 5.74) is 0.316. The van der Waals surface area contributed by atoms with Crippen LogP contribution in [0.5, 0.6) is 0 Å². The molecule has 0 heterocycles. The molecular formula is C12H17FN2O3S. The fourth-order valence-corrected chi connectivity index (χ4v) is 2.00. The van der Waals surface area contributed by atoms with Crippen LogP contribution in [0.1, 0.15) is 6.42 Å². The Labute approximate surface area is 114 Å². The first kappa shape index (κ1) is 15.6. The van der Waals surface area contributed by atoms with Gasteiger partial charge in [0.25, 0.3) is 0 Å². The van der Waals surface area contributed by atoms with Crippen molar-refractivity contribution < 1.29 is 18.1 Å². The Morgan fingerprint density at radius 2 is 2.21 bits per heavy atom. The molecule has 1 aromatic carbocycles. The van der Waals surface area contributed by atoms with Crippen LogP contribution in [0.15, 0.2) is 23.1 Å². The molecule has 1 unspecified atom stereocenters. The van der Waals surface area contributed by atoms with Gasteiger partial charge in [0.1, 0.15) is 5.82 Å².